The zero-order valence-electron chi connectivity index (χ0n) is 12.6. The van der Waals surface area contributed by atoms with E-state index in [4.69, 9.17) is 0 Å². The second-order valence-corrected chi connectivity index (χ2v) is 6.69. The van der Waals surface area contributed by atoms with Gasteiger partial charge in [-0.15, -0.1) is 0 Å². The number of benzene rings is 2. The van der Waals surface area contributed by atoms with Crippen LogP contribution in [0.3, 0.4) is 0 Å². The molecular weight excluding hydrogens is 326 g/mol. The van der Waals surface area contributed by atoms with Gasteiger partial charge in [-0.3, -0.25) is 4.79 Å². The van der Waals surface area contributed by atoms with Crippen LogP contribution in [-0.4, -0.2) is 17.9 Å². The molecule has 2 rings (SSSR count). The highest BCUT2D eigenvalue weighted by atomic mass is 79.9. The van der Waals surface area contributed by atoms with Crippen molar-refractivity contribution in [2.24, 2.45) is 0 Å². The van der Waals surface area contributed by atoms with Crippen LogP contribution < -0.4 is 0 Å². The maximum absolute atomic E-state index is 12.8. The van der Waals surface area contributed by atoms with E-state index in [1.165, 1.54) is 0 Å². The first-order chi connectivity index (χ1) is 9.91. The molecule has 2 aromatic carbocycles. The molecule has 0 fully saturated rings. The van der Waals surface area contributed by atoms with Crippen molar-refractivity contribution in [2.75, 3.05) is 7.05 Å². The van der Waals surface area contributed by atoms with Crippen LogP contribution in [0.15, 0.2) is 59.1 Å². The van der Waals surface area contributed by atoms with E-state index >= 15 is 0 Å². The maximum Gasteiger partial charge on any atom is 0.232 e. The zero-order chi connectivity index (χ0) is 15.5. The van der Waals surface area contributed by atoms with Crippen molar-refractivity contribution in [1.82, 2.24) is 4.90 Å². The molecule has 0 aliphatic rings. The molecule has 0 radical (unpaired) electrons. The van der Waals surface area contributed by atoms with E-state index in [-0.39, 0.29) is 5.91 Å². The van der Waals surface area contributed by atoms with Gasteiger partial charge in [-0.1, -0.05) is 58.4 Å². The Morgan fingerprint density at radius 1 is 1.05 bits per heavy atom. The first kappa shape index (κ1) is 15.8. The third kappa shape index (κ3) is 3.73. The molecule has 3 heteroatoms. The van der Waals surface area contributed by atoms with Crippen LogP contribution in [0, 0.1) is 0 Å². The summed E-state index contributed by atoms with van der Waals surface area (Å²) in [6, 6.07) is 18.0. The number of amides is 1. The van der Waals surface area contributed by atoms with Gasteiger partial charge in [-0.05, 0) is 37.1 Å². The Morgan fingerprint density at radius 2 is 1.62 bits per heavy atom. The van der Waals surface area contributed by atoms with Gasteiger partial charge in [0.1, 0.15) is 0 Å². The number of likely N-dealkylation sites (N-methyl/N-ethyl adjacent to an activating group) is 1. The first-order valence-electron chi connectivity index (χ1n) is 6.97. The van der Waals surface area contributed by atoms with Gasteiger partial charge in [0.05, 0.1) is 5.41 Å². The molecule has 0 N–H and O–H groups in total. The summed E-state index contributed by atoms with van der Waals surface area (Å²) in [6.07, 6.45) is 0. The predicted octanol–water partition coefficient (Wildman–Crippen LogP) is 4.39. The Bertz CT molecular complexity index is 605. The molecule has 0 aliphatic carbocycles. The van der Waals surface area contributed by atoms with E-state index in [9.17, 15) is 4.79 Å². The van der Waals surface area contributed by atoms with Crippen molar-refractivity contribution in [3.8, 4) is 0 Å². The molecule has 2 aromatic rings. The summed E-state index contributed by atoms with van der Waals surface area (Å²) >= 11 is 3.43. The number of hydrogen-bond donors (Lipinski definition) is 0. The van der Waals surface area contributed by atoms with E-state index in [0.29, 0.717) is 6.54 Å². The van der Waals surface area contributed by atoms with E-state index in [1.54, 1.807) is 4.90 Å². The van der Waals surface area contributed by atoms with Crippen LogP contribution in [0.25, 0.3) is 0 Å². The Labute approximate surface area is 134 Å². The minimum absolute atomic E-state index is 0.119. The second-order valence-electron chi connectivity index (χ2n) is 5.78. The SMILES string of the molecule is CN(Cc1ccccc1)C(=O)C(C)(C)c1ccc(Br)cc1. The van der Waals surface area contributed by atoms with E-state index in [2.05, 4.69) is 15.9 Å². The molecule has 0 bridgehead atoms. The van der Waals surface area contributed by atoms with Crippen molar-refractivity contribution < 1.29 is 4.79 Å². The Hall–Kier alpha value is -1.61. The quantitative estimate of drug-likeness (QED) is 0.804. The third-order valence-corrected chi connectivity index (χ3v) is 4.24. The summed E-state index contributed by atoms with van der Waals surface area (Å²) < 4.78 is 1.02. The number of hydrogen-bond acceptors (Lipinski definition) is 1. The van der Waals surface area contributed by atoms with Gasteiger partial charge < -0.3 is 4.90 Å². The van der Waals surface area contributed by atoms with Crippen LogP contribution in [0.5, 0.6) is 0 Å². The molecule has 0 spiro atoms. The molecule has 110 valence electrons. The Balaban J connectivity index is 2.15. The van der Waals surface area contributed by atoms with Gasteiger partial charge in [0.25, 0.3) is 0 Å². The second kappa shape index (κ2) is 6.44. The fourth-order valence-corrected chi connectivity index (χ4v) is 2.66. The lowest BCUT2D eigenvalue weighted by molar-refractivity contribution is -0.135. The van der Waals surface area contributed by atoms with Crippen LogP contribution in [0.4, 0.5) is 0 Å². The number of nitrogens with zero attached hydrogens (tertiary/aromatic N) is 1. The van der Waals surface area contributed by atoms with Crippen molar-refractivity contribution in [3.63, 3.8) is 0 Å². The molecule has 0 saturated heterocycles. The van der Waals surface area contributed by atoms with E-state index < -0.39 is 5.41 Å². The molecule has 0 aromatic heterocycles. The number of carbonyl (C=O) groups is 1. The monoisotopic (exact) mass is 345 g/mol. The lowest BCUT2D eigenvalue weighted by Crippen LogP contribution is -2.40. The molecule has 1 amide bonds. The van der Waals surface area contributed by atoms with Gasteiger partial charge in [0.15, 0.2) is 0 Å². The van der Waals surface area contributed by atoms with Gasteiger partial charge in [0.2, 0.25) is 5.91 Å². The van der Waals surface area contributed by atoms with E-state index in [0.717, 1.165) is 15.6 Å². The van der Waals surface area contributed by atoms with Crippen LogP contribution in [0.1, 0.15) is 25.0 Å². The maximum atomic E-state index is 12.8. The highest BCUT2D eigenvalue weighted by Crippen LogP contribution is 2.27. The average molecular weight is 346 g/mol. The fourth-order valence-electron chi connectivity index (χ4n) is 2.40. The number of rotatable bonds is 4. The standard InChI is InChI=1S/C18H20BrNO/c1-18(2,15-9-11-16(19)12-10-15)17(21)20(3)13-14-7-5-4-6-8-14/h4-12H,13H2,1-3H3. The van der Waals surface area contributed by atoms with E-state index in [1.807, 2.05) is 75.5 Å². The van der Waals surface area contributed by atoms with Crippen LogP contribution >= 0.6 is 15.9 Å². The van der Waals surface area contributed by atoms with Gasteiger partial charge >= 0.3 is 0 Å². The Kier molecular flexibility index (Phi) is 4.84. The molecule has 21 heavy (non-hydrogen) atoms. The molecule has 0 unspecified atom stereocenters. The topological polar surface area (TPSA) is 20.3 Å². The van der Waals surface area contributed by atoms with Crippen LogP contribution in [-0.2, 0) is 16.8 Å². The molecule has 0 saturated carbocycles. The summed E-state index contributed by atoms with van der Waals surface area (Å²) in [5.74, 6) is 0.119. The highest BCUT2D eigenvalue weighted by Gasteiger charge is 2.32. The molecular formula is C18H20BrNO. The summed E-state index contributed by atoms with van der Waals surface area (Å²) in [7, 11) is 1.86. The summed E-state index contributed by atoms with van der Waals surface area (Å²) in [6.45, 7) is 4.57. The summed E-state index contributed by atoms with van der Waals surface area (Å²) in [5.41, 5.74) is 1.63. The Morgan fingerprint density at radius 3 is 2.19 bits per heavy atom. The highest BCUT2D eigenvalue weighted by molar-refractivity contribution is 9.10. The van der Waals surface area contributed by atoms with Gasteiger partial charge in [0, 0.05) is 18.1 Å². The van der Waals surface area contributed by atoms with Gasteiger partial charge in [-0.2, -0.15) is 0 Å². The van der Waals surface area contributed by atoms with Crippen molar-refractivity contribution in [3.05, 3.63) is 70.2 Å². The normalized spacial score (nSPS) is 11.2. The lowest BCUT2D eigenvalue weighted by atomic mass is 9.83. The molecule has 0 aliphatic heterocycles. The number of carbonyl (C=O) groups excluding carboxylic acids is 1. The van der Waals surface area contributed by atoms with Gasteiger partial charge in [-0.25, -0.2) is 0 Å². The predicted molar refractivity (Wildman–Crippen MR) is 90.1 cm³/mol. The molecule has 2 nitrogen and oxygen atoms in total. The first-order valence-corrected chi connectivity index (χ1v) is 7.76. The van der Waals surface area contributed by atoms with Crippen molar-refractivity contribution >= 4 is 21.8 Å². The third-order valence-electron chi connectivity index (χ3n) is 3.71. The molecule has 0 heterocycles. The fraction of sp³-hybridized carbons (Fsp3) is 0.278. The number of halogens is 1. The minimum Gasteiger partial charge on any atom is -0.341 e. The summed E-state index contributed by atoms with van der Waals surface area (Å²) in [5, 5.41) is 0. The zero-order valence-corrected chi connectivity index (χ0v) is 14.2. The van der Waals surface area contributed by atoms with Crippen molar-refractivity contribution in [1.29, 1.82) is 0 Å². The minimum atomic E-state index is -0.537. The molecule has 0 atom stereocenters. The average Bonchev–Trinajstić information content (AvgIpc) is 2.48. The smallest absolute Gasteiger partial charge is 0.232 e. The largest absolute Gasteiger partial charge is 0.341 e. The lowest BCUT2D eigenvalue weighted by Gasteiger charge is -2.30. The summed E-state index contributed by atoms with van der Waals surface area (Å²) in [4.78, 5) is 14.6. The van der Waals surface area contributed by atoms with Crippen molar-refractivity contribution in [2.45, 2.75) is 25.8 Å². The van der Waals surface area contributed by atoms with Crippen LogP contribution in [0.2, 0.25) is 0 Å².